The third-order valence-electron chi connectivity index (χ3n) is 5.58. The second-order valence-corrected chi connectivity index (χ2v) is 7.76. The lowest BCUT2D eigenvalue weighted by Crippen LogP contribution is -2.36. The molecule has 0 nitrogen and oxygen atoms in total. The van der Waals surface area contributed by atoms with Crippen LogP contribution in [0.25, 0.3) is 0 Å². The standard InChI is InChI=1S/C16H30/c1-13(2)14-6-5-7-16(12-14)10-8-15(3,4)9-11-16/h13-14H,5-12H2,1-4H3. The Hall–Kier alpha value is 0. The van der Waals surface area contributed by atoms with Gasteiger partial charge in [-0.05, 0) is 61.2 Å². The Bertz CT molecular complexity index is 226. The summed E-state index contributed by atoms with van der Waals surface area (Å²) >= 11 is 0. The molecular formula is C16H30. The van der Waals surface area contributed by atoms with Gasteiger partial charge in [0.05, 0.1) is 0 Å². The van der Waals surface area contributed by atoms with Crippen molar-refractivity contribution in [2.75, 3.05) is 0 Å². The quantitative estimate of drug-likeness (QED) is 0.556. The summed E-state index contributed by atoms with van der Waals surface area (Å²) in [5, 5.41) is 0. The molecule has 1 atom stereocenters. The van der Waals surface area contributed by atoms with Gasteiger partial charge in [0, 0.05) is 0 Å². The highest BCUT2D eigenvalue weighted by Gasteiger charge is 2.41. The van der Waals surface area contributed by atoms with Gasteiger partial charge in [-0.25, -0.2) is 0 Å². The first-order chi connectivity index (χ1) is 7.43. The first-order valence-corrected chi connectivity index (χ1v) is 7.43. The van der Waals surface area contributed by atoms with Crippen LogP contribution >= 0.6 is 0 Å². The van der Waals surface area contributed by atoms with Crippen molar-refractivity contribution in [3.8, 4) is 0 Å². The van der Waals surface area contributed by atoms with E-state index in [0.717, 1.165) is 17.3 Å². The van der Waals surface area contributed by atoms with E-state index in [4.69, 9.17) is 0 Å². The summed E-state index contributed by atoms with van der Waals surface area (Å²) in [4.78, 5) is 0. The molecule has 1 spiro atoms. The highest BCUT2D eigenvalue weighted by Crippen LogP contribution is 2.54. The topological polar surface area (TPSA) is 0 Å². The molecule has 0 heterocycles. The first kappa shape index (κ1) is 12.5. The van der Waals surface area contributed by atoms with E-state index < -0.39 is 0 Å². The molecule has 0 aromatic rings. The molecule has 0 heteroatoms. The van der Waals surface area contributed by atoms with Gasteiger partial charge in [-0.15, -0.1) is 0 Å². The second kappa shape index (κ2) is 4.35. The van der Waals surface area contributed by atoms with Gasteiger partial charge >= 0.3 is 0 Å². The molecule has 0 amide bonds. The zero-order chi connectivity index (χ0) is 11.8. The maximum atomic E-state index is 2.46. The van der Waals surface area contributed by atoms with Crippen molar-refractivity contribution in [2.24, 2.45) is 22.7 Å². The van der Waals surface area contributed by atoms with E-state index in [2.05, 4.69) is 27.7 Å². The van der Waals surface area contributed by atoms with Gasteiger partial charge in [0.25, 0.3) is 0 Å². The Morgan fingerprint density at radius 3 is 2.12 bits per heavy atom. The lowest BCUT2D eigenvalue weighted by atomic mass is 9.57. The van der Waals surface area contributed by atoms with E-state index >= 15 is 0 Å². The summed E-state index contributed by atoms with van der Waals surface area (Å²) in [5.41, 5.74) is 1.40. The molecule has 0 aromatic carbocycles. The minimum Gasteiger partial charge on any atom is -0.0625 e. The van der Waals surface area contributed by atoms with Gasteiger partial charge in [-0.1, -0.05) is 40.5 Å². The third-order valence-corrected chi connectivity index (χ3v) is 5.58. The molecule has 2 aliphatic rings. The fourth-order valence-electron chi connectivity index (χ4n) is 3.98. The maximum absolute atomic E-state index is 2.46. The van der Waals surface area contributed by atoms with Crippen LogP contribution in [0, 0.1) is 22.7 Å². The molecule has 0 bridgehead atoms. The van der Waals surface area contributed by atoms with Gasteiger partial charge in [-0.2, -0.15) is 0 Å². The number of hydrogen-bond acceptors (Lipinski definition) is 0. The fraction of sp³-hybridized carbons (Fsp3) is 1.00. The Balaban J connectivity index is 1.98. The van der Waals surface area contributed by atoms with Gasteiger partial charge < -0.3 is 0 Å². The Morgan fingerprint density at radius 2 is 1.56 bits per heavy atom. The highest BCUT2D eigenvalue weighted by atomic mass is 14.5. The van der Waals surface area contributed by atoms with Crippen molar-refractivity contribution in [1.82, 2.24) is 0 Å². The largest absolute Gasteiger partial charge is 0.0625 e. The summed E-state index contributed by atoms with van der Waals surface area (Å²) in [6.07, 6.45) is 12.1. The van der Waals surface area contributed by atoms with Crippen LogP contribution in [-0.2, 0) is 0 Å². The van der Waals surface area contributed by atoms with Gasteiger partial charge in [-0.3, -0.25) is 0 Å². The van der Waals surface area contributed by atoms with E-state index in [1.54, 1.807) is 6.42 Å². The lowest BCUT2D eigenvalue weighted by molar-refractivity contribution is 0.0302. The molecule has 16 heavy (non-hydrogen) atoms. The van der Waals surface area contributed by atoms with Crippen molar-refractivity contribution >= 4 is 0 Å². The van der Waals surface area contributed by atoms with Crippen LogP contribution < -0.4 is 0 Å². The van der Waals surface area contributed by atoms with Crippen molar-refractivity contribution in [2.45, 2.75) is 79.1 Å². The molecule has 2 saturated carbocycles. The molecular weight excluding hydrogens is 192 g/mol. The van der Waals surface area contributed by atoms with Crippen LogP contribution in [0.5, 0.6) is 0 Å². The molecule has 0 N–H and O–H groups in total. The Labute approximate surface area is 102 Å². The molecule has 94 valence electrons. The zero-order valence-corrected chi connectivity index (χ0v) is 11.8. The first-order valence-electron chi connectivity index (χ1n) is 7.43. The van der Waals surface area contributed by atoms with Crippen LogP contribution in [0.3, 0.4) is 0 Å². The van der Waals surface area contributed by atoms with Gasteiger partial charge in [0.2, 0.25) is 0 Å². The van der Waals surface area contributed by atoms with Crippen molar-refractivity contribution in [1.29, 1.82) is 0 Å². The zero-order valence-electron chi connectivity index (χ0n) is 11.8. The predicted molar refractivity (Wildman–Crippen MR) is 71.5 cm³/mol. The van der Waals surface area contributed by atoms with E-state index in [9.17, 15) is 0 Å². The normalized spacial score (nSPS) is 33.2. The SMILES string of the molecule is CC(C)C1CCCC2(CCC(C)(C)CC2)C1. The molecule has 1 unspecified atom stereocenters. The van der Waals surface area contributed by atoms with Crippen LogP contribution in [0.15, 0.2) is 0 Å². The van der Waals surface area contributed by atoms with Crippen molar-refractivity contribution < 1.29 is 0 Å². The lowest BCUT2D eigenvalue weighted by Gasteiger charge is -2.48. The van der Waals surface area contributed by atoms with E-state index in [0.29, 0.717) is 5.41 Å². The molecule has 0 aromatic heterocycles. The number of hydrogen-bond donors (Lipinski definition) is 0. The summed E-state index contributed by atoms with van der Waals surface area (Å²) < 4.78 is 0. The molecule has 2 rings (SSSR count). The summed E-state index contributed by atoms with van der Waals surface area (Å²) in [5.74, 6) is 1.93. The van der Waals surface area contributed by atoms with Crippen LogP contribution in [0.2, 0.25) is 0 Å². The monoisotopic (exact) mass is 222 g/mol. The molecule has 0 radical (unpaired) electrons. The summed E-state index contributed by atoms with van der Waals surface area (Å²) in [6.45, 7) is 9.78. The minimum atomic E-state index is 0.635. The van der Waals surface area contributed by atoms with Gasteiger partial charge in [0.15, 0.2) is 0 Å². The van der Waals surface area contributed by atoms with E-state index in [1.807, 2.05) is 0 Å². The molecule has 2 aliphatic carbocycles. The van der Waals surface area contributed by atoms with Crippen LogP contribution in [-0.4, -0.2) is 0 Å². The van der Waals surface area contributed by atoms with E-state index in [-0.39, 0.29) is 0 Å². The van der Waals surface area contributed by atoms with Crippen LogP contribution in [0.4, 0.5) is 0 Å². The Morgan fingerprint density at radius 1 is 0.938 bits per heavy atom. The highest BCUT2D eigenvalue weighted by molar-refractivity contribution is 4.93. The van der Waals surface area contributed by atoms with E-state index in [1.165, 1.54) is 44.9 Å². The second-order valence-electron chi connectivity index (χ2n) is 7.76. The minimum absolute atomic E-state index is 0.635. The van der Waals surface area contributed by atoms with Crippen LogP contribution in [0.1, 0.15) is 79.1 Å². The summed E-state index contributed by atoms with van der Waals surface area (Å²) in [6, 6.07) is 0. The maximum Gasteiger partial charge on any atom is -0.0294 e. The summed E-state index contributed by atoms with van der Waals surface area (Å²) in [7, 11) is 0. The third kappa shape index (κ3) is 2.63. The molecule has 2 fully saturated rings. The predicted octanol–water partition coefficient (Wildman–Crippen LogP) is 5.42. The average molecular weight is 222 g/mol. The average Bonchev–Trinajstić information content (AvgIpc) is 2.24. The van der Waals surface area contributed by atoms with Crippen molar-refractivity contribution in [3.05, 3.63) is 0 Å². The van der Waals surface area contributed by atoms with Gasteiger partial charge in [0.1, 0.15) is 0 Å². The fourth-order valence-corrected chi connectivity index (χ4v) is 3.98. The molecule has 0 aliphatic heterocycles. The van der Waals surface area contributed by atoms with Crippen molar-refractivity contribution in [3.63, 3.8) is 0 Å². The molecule has 0 saturated heterocycles. The number of rotatable bonds is 1. The Kier molecular flexibility index (Phi) is 3.39. The smallest absolute Gasteiger partial charge is 0.0294 e.